The Morgan fingerprint density at radius 3 is 2.64 bits per heavy atom. The van der Waals surface area contributed by atoms with Crippen LogP contribution in [0, 0.1) is 17.8 Å². The molecule has 28 heavy (non-hydrogen) atoms. The van der Waals surface area contributed by atoms with E-state index >= 15 is 0 Å². The van der Waals surface area contributed by atoms with Gasteiger partial charge in [0.15, 0.2) is 5.43 Å². The van der Waals surface area contributed by atoms with Gasteiger partial charge in [-0.1, -0.05) is 35.9 Å². The molecule has 1 N–H and O–H groups in total. The average molecular weight is 391 g/mol. The lowest BCUT2D eigenvalue weighted by atomic mass is 10.0. The van der Waals surface area contributed by atoms with Crippen LogP contribution in [0.25, 0.3) is 22.1 Å². The highest BCUT2D eigenvalue weighted by molar-refractivity contribution is 7.99. The molecule has 1 fully saturated rings. The van der Waals surface area contributed by atoms with Crippen LogP contribution in [0.4, 0.5) is 5.69 Å². The van der Waals surface area contributed by atoms with E-state index in [9.17, 15) is 4.79 Å². The van der Waals surface area contributed by atoms with Crippen molar-refractivity contribution in [2.45, 2.75) is 12.8 Å². The normalized spacial score (nSPS) is 14.5. The lowest BCUT2D eigenvalue weighted by Gasteiger charge is -2.16. The largest absolute Gasteiger partial charge is 0.463 e. The van der Waals surface area contributed by atoms with Gasteiger partial charge in [-0.15, -0.1) is 0 Å². The van der Waals surface area contributed by atoms with Gasteiger partial charge in [-0.05, 0) is 48.7 Å². The van der Waals surface area contributed by atoms with Gasteiger partial charge in [0.05, 0.1) is 10.9 Å². The van der Waals surface area contributed by atoms with Crippen molar-refractivity contribution >= 4 is 28.6 Å². The van der Waals surface area contributed by atoms with Gasteiger partial charge >= 0.3 is 0 Å². The number of rotatable bonds is 3. The Labute approximate surface area is 168 Å². The van der Waals surface area contributed by atoms with Crippen LogP contribution in [0.1, 0.15) is 18.4 Å². The van der Waals surface area contributed by atoms with Gasteiger partial charge < -0.3 is 13.9 Å². The summed E-state index contributed by atoms with van der Waals surface area (Å²) in [6.07, 6.45) is 5.46. The van der Waals surface area contributed by atoms with E-state index in [0.717, 1.165) is 42.9 Å². The number of anilines is 1. The number of benzene rings is 2. The molecule has 4 rings (SSSR count). The van der Waals surface area contributed by atoms with Crippen molar-refractivity contribution in [1.29, 1.82) is 0 Å². The number of hydrogen-bond acceptors (Lipinski definition) is 5. The molecule has 0 amide bonds. The maximum absolute atomic E-state index is 12.9. The molecule has 2 heterocycles. The van der Waals surface area contributed by atoms with E-state index in [-0.39, 0.29) is 5.43 Å². The molecule has 0 saturated carbocycles. The third-order valence-electron chi connectivity index (χ3n) is 4.83. The Kier molecular flexibility index (Phi) is 5.70. The predicted molar refractivity (Wildman–Crippen MR) is 115 cm³/mol. The second-order valence-electron chi connectivity index (χ2n) is 6.73. The highest BCUT2D eigenvalue weighted by Crippen LogP contribution is 2.23. The van der Waals surface area contributed by atoms with Crippen molar-refractivity contribution in [2.75, 3.05) is 24.2 Å². The molecule has 0 bridgehead atoms. The number of hydrogen-bond donors (Lipinski definition) is 1. The van der Waals surface area contributed by atoms with Crippen LogP contribution >= 0.6 is 11.9 Å². The molecule has 1 aliphatic rings. The van der Waals surface area contributed by atoms with Crippen molar-refractivity contribution in [3.8, 4) is 23.0 Å². The van der Waals surface area contributed by atoms with E-state index in [0.29, 0.717) is 22.5 Å². The second kappa shape index (κ2) is 8.55. The van der Waals surface area contributed by atoms with E-state index in [1.807, 2.05) is 48.7 Å². The van der Waals surface area contributed by atoms with Crippen LogP contribution < -0.4 is 10.2 Å². The van der Waals surface area contributed by atoms with Gasteiger partial charge in [-0.25, -0.2) is 0 Å². The molecule has 5 heteroatoms. The summed E-state index contributed by atoms with van der Waals surface area (Å²) in [4.78, 5) is 12.9. The predicted octanol–water partition coefficient (Wildman–Crippen LogP) is 4.93. The minimum absolute atomic E-state index is 0.0317. The molecule has 0 atom stereocenters. The van der Waals surface area contributed by atoms with E-state index < -0.39 is 0 Å². The number of nitrogens with one attached hydrogen (secondary N) is 1. The van der Waals surface area contributed by atoms with Crippen LogP contribution in [0.2, 0.25) is 0 Å². The van der Waals surface area contributed by atoms with Gasteiger partial charge in [0.1, 0.15) is 11.8 Å². The summed E-state index contributed by atoms with van der Waals surface area (Å²) in [6, 6.07) is 13.3. The molecule has 1 saturated heterocycles. The fourth-order valence-electron chi connectivity index (χ4n) is 3.27. The van der Waals surface area contributed by atoms with E-state index in [2.05, 4.69) is 16.6 Å². The average Bonchev–Trinajstić information content (AvgIpc) is 2.74. The van der Waals surface area contributed by atoms with Crippen molar-refractivity contribution in [2.24, 2.45) is 5.92 Å². The molecule has 0 radical (unpaired) electrons. The molecular weight excluding hydrogens is 370 g/mol. The summed E-state index contributed by atoms with van der Waals surface area (Å²) in [5, 5.41) is 0.570. The monoisotopic (exact) mass is 391 g/mol. The molecule has 2 aromatic carbocycles. The SMILES string of the molecule is CSNc1ccc(-c2coc3cc(C#CC4CCOCC4)ccc3c2=O)cc1. The molecule has 4 nitrogen and oxygen atoms in total. The fourth-order valence-corrected chi connectivity index (χ4v) is 3.64. The van der Waals surface area contributed by atoms with Crippen LogP contribution in [0.5, 0.6) is 0 Å². The van der Waals surface area contributed by atoms with E-state index in [4.69, 9.17) is 9.15 Å². The second-order valence-corrected chi connectivity index (χ2v) is 7.34. The van der Waals surface area contributed by atoms with Crippen LogP contribution in [0.15, 0.2) is 57.9 Å². The standard InChI is InChI=1S/C23H21NO3S/c1-28-24-19-7-5-18(6-8-19)21-15-27-22-14-17(4-9-20(22)23(21)25)3-2-16-10-12-26-13-11-16/h4-9,14-16,24H,10-13H2,1H3. The first-order valence-corrected chi connectivity index (χ1v) is 10.5. The topological polar surface area (TPSA) is 51.5 Å². The molecule has 0 aliphatic carbocycles. The first-order valence-electron chi connectivity index (χ1n) is 9.29. The van der Waals surface area contributed by atoms with Crippen molar-refractivity contribution in [3.63, 3.8) is 0 Å². The molecule has 3 aromatic rings. The molecule has 0 unspecified atom stereocenters. The van der Waals surface area contributed by atoms with E-state index in [1.54, 1.807) is 0 Å². The van der Waals surface area contributed by atoms with Gasteiger partial charge in [0.2, 0.25) is 0 Å². The van der Waals surface area contributed by atoms with Crippen molar-refractivity contribution in [1.82, 2.24) is 0 Å². The summed E-state index contributed by atoms with van der Waals surface area (Å²) >= 11 is 1.53. The summed E-state index contributed by atoms with van der Waals surface area (Å²) in [5.74, 6) is 6.90. The highest BCUT2D eigenvalue weighted by Gasteiger charge is 2.11. The lowest BCUT2D eigenvalue weighted by molar-refractivity contribution is 0.0807. The molecule has 0 spiro atoms. The first kappa shape index (κ1) is 18.7. The maximum atomic E-state index is 12.9. The Morgan fingerprint density at radius 1 is 1.11 bits per heavy atom. The van der Waals surface area contributed by atoms with Crippen LogP contribution in [-0.4, -0.2) is 19.5 Å². The molecule has 1 aliphatic heterocycles. The third-order valence-corrected chi connectivity index (χ3v) is 5.27. The highest BCUT2D eigenvalue weighted by atomic mass is 32.2. The minimum Gasteiger partial charge on any atom is -0.463 e. The lowest BCUT2D eigenvalue weighted by Crippen LogP contribution is -2.13. The number of fused-ring (bicyclic) bond motifs is 1. The van der Waals surface area contributed by atoms with Gasteiger partial charge in [0, 0.05) is 36.6 Å². The molecular formula is C23H21NO3S. The van der Waals surface area contributed by atoms with Gasteiger partial charge in [-0.2, -0.15) is 0 Å². The zero-order chi connectivity index (χ0) is 19.3. The zero-order valence-electron chi connectivity index (χ0n) is 15.7. The Hall–Kier alpha value is -2.68. The third kappa shape index (κ3) is 4.09. The minimum atomic E-state index is -0.0317. The number of ether oxygens (including phenoxy) is 1. The zero-order valence-corrected chi connectivity index (χ0v) is 16.5. The van der Waals surface area contributed by atoms with Crippen LogP contribution in [0.3, 0.4) is 0 Å². The summed E-state index contributed by atoms with van der Waals surface area (Å²) in [6.45, 7) is 1.56. The van der Waals surface area contributed by atoms with E-state index in [1.165, 1.54) is 18.2 Å². The smallest absolute Gasteiger partial charge is 0.200 e. The molecule has 1 aromatic heterocycles. The Bertz CT molecular complexity index is 1090. The van der Waals surface area contributed by atoms with Gasteiger partial charge in [-0.3, -0.25) is 4.79 Å². The summed E-state index contributed by atoms with van der Waals surface area (Å²) in [7, 11) is 0. The van der Waals surface area contributed by atoms with Crippen molar-refractivity contribution < 1.29 is 9.15 Å². The Morgan fingerprint density at radius 2 is 1.89 bits per heavy atom. The maximum Gasteiger partial charge on any atom is 0.200 e. The van der Waals surface area contributed by atoms with Crippen molar-refractivity contribution in [3.05, 3.63) is 64.5 Å². The van der Waals surface area contributed by atoms with Crippen LogP contribution in [-0.2, 0) is 4.74 Å². The first-order chi connectivity index (χ1) is 13.7. The fraction of sp³-hybridized carbons (Fsp3) is 0.261. The Balaban J connectivity index is 1.63. The molecule has 142 valence electrons. The van der Waals surface area contributed by atoms with Gasteiger partial charge in [0.25, 0.3) is 0 Å². The quantitative estimate of drug-likeness (QED) is 0.507. The summed E-state index contributed by atoms with van der Waals surface area (Å²) in [5.41, 5.74) is 3.79. The summed E-state index contributed by atoms with van der Waals surface area (Å²) < 4.78 is 14.3.